The van der Waals surface area contributed by atoms with Crippen LogP contribution in [0.3, 0.4) is 0 Å². The smallest absolute Gasteiger partial charge is 0.332 e. The van der Waals surface area contributed by atoms with Crippen LogP contribution in [0.15, 0.2) is 53.4 Å². The second-order valence-electron chi connectivity index (χ2n) is 7.61. The summed E-state index contributed by atoms with van der Waals surface area (Å²) in [7, 11) is 5.55. The third kappa shape index (κ3) is 5.82. The highest BCUT2D eigenvalue weighted by Gasteiger charge is 2.39. The van der Waals surface area contributed by atoms with E-state index >= 15 is 0 Å². The molecule has 8 heteroatoms. The van der Waals surface area contributed by atoms with Gasteiger partial charge >= 0.3 is 5.97 Å². The first kappa shape index (κ1) is 24.1. The SMILES string of the molecule is CCOC(=O)CO[C@H]1C(=O)N(CCN(C)C)c2ccccc2S[C@H]1c1ccc(OC)cc1. The first-order valence-corrected chi connectivity index (χ1v) is 11.5. The maximum Gasteiger partial charge on any atom is 0.332 e. The molecular formula is C24H30N2O5S. The number of thioether (sulfide) groups is 1. The topological polar surface area (TPSA) is 68.3 Å². The summed E-state index contributed by atoms with van der Waals surface area (Å²) in [6, 6.07) is 15.5. The number of benzene rings is 2. The zero-order valence-corrected chi connectivity index (χ0v) is 19.8. The summed E-state index contributed by atoms with van der Waals surface area (Å²) in [4.78, 5) is 30.6. The summed E-state index contributed by atoms with van der Waals surface area (Å²) in [5.74, 6) is 0.0745. The minimum absolute atomic E-state index is 0.172. The fourth-order valence-electron chi connectivity index (χ4n) is 3.47. The Morgan fingerprint density at radius 1 is 1.12 bits per heavy atom. The van der Waals surface area contributed by atoms with Gasteiger partial charge < -0.3 is 24.0 Å². The van der Waals surface area contributed by atoms with Crippen LogP contribution in [-0.2, 0) is 19.1 Å². The van der Waals surface area contributed by atoms with Crippen LogP contribution >= 0.6 is 11.8 Å². The summed E-state index contributed by atoms with van der Waals surface area (Å²) in [6.45, 7) is 2.93. The number of rotatable bonds is 9. The van der Waals surface area contributed by atoms with Crippen molar-refractivity contribution in [2.75, 3.05) is 52.4 Å². The molecule has 1 aliphatic heterocycles. The molecule has 1 amide bonds. The van der Waals surface area contributed by atoms with Crippen molar-refractivity contribution >= 4 is 29.3 Å². The lowest BCUT2D eigenvalue weighted by molar-refractivity contribution is -0.152. The van der Waals surface area contributed by atoms with Gasteiger partial charge in [0.1, 0.15) is 12.4 Å². The molecule has 7 nitrogen and oxygen atoms in total. The summed E-state index contributed by atoms with van der Waals surface area (Å²) in [5.41, 5.74) is 1.77. The van der Waals surface area contributed by atoms with Gasteiger partial charge in [0.05, 0.1) is 24.7 Å². The number of ether oxygens (including phenoxy) is 3. The Morgan fingerprint density at radius 2 is 1.84 bits per heavy atom. The summed E-state index contributed by atoms with van der Waals surface area (Å²) < 4.78 is 16.3. The highest BCUT2D eigenvalue weighted by atomic mass is 32.2. The Bertz CT molecular complexity index is 919. The van der Waals surface area contributed by atoms with Gasteiger partial charge in [-0.1, -0.05) is 24.3 Å². The molecule has 0 fully saturated rings. The molecule has 0 aliphatic carbocycles. The van der Waals surface area contributed by atoms with Crippen LogP contribution < -0.4 is 9.64 Å². The Labute approximate surface area is 193 Å². The van der Waals surface area contributed by atoms with E-state index in [4.69, 9.17) is 14.2 Å². The van der Waals surface area contributed by atoms with Crippen LogP contribution in [0.1, 0.15) is 17.7 Å². The number of nitrogens with zero attached hydrogens (tertiary/aromatic N) is 2. The van der Waals surface area contributed by atoms with Crippen LogP contribution in [0, 0.1) is 0 Å². The Hall–Kier alpha value is -2.55. The molecule has 0 spiro atoms. The zero-order valence-electron chi connectivity index (χ0n) is 18.9. The number of likely N-dealkylation sites (N-methyl/N-ethyl adjacent to an activating group) is 1. The molecule has 0 saturated heterocycles. The first-order chi connectivity index (χ1) is 15.4. The van der Waals surface area contributed by atoms with Crippen LogP contribution in [0.5, 0.6) is 5.75 Å². The van der Waals surface area contributed by atoms with Crippen molar-refractivity contribution in [2.24, 2.45) is 0 Å². The van der Waals surface area contributed by atoms with E-state index in [0.717, 1.165) is 21.9 Å². The molecule has 1 aliphatic rings. The van der Waals surface area contributed by atoms with E-state index in [2.05, 4.69) is 0 Å². The van der Waals surface area contributed by atoms with E-state index in [0.29, 0.717) is 13.1 Å². The van der Waals surface area contributed by atoms with E-state index in [1.165, 1.54) is 0 Å². The zero-order chi connectivity index (χ0) is 23.1. The number of anilines is 1. The molecule has 0 aromatic heterocycles. The van der Waals surface area contributed by atoms with Gasteiger partial charge in [0.15, 0.2) is 6.10 Å². The third-order valence-electron chi connectivity index (χ3n) is 5.10. The van der Waals surface area contributed by atoms with Gasteiger partial charge in [0.2, 0.25) is 0 Å². The van der Waals surface area contributed by atoms with E-state index in [1.807, 2.05) is 67.5 Å². The molecule has 0 radical (unpaired) electrons. The third-order valence-corrected chi connectivity index (χ3v) is 6.47. The molecule has 0 saturated carbocycles. The van der Waals surface area contributed by atoms with Crippen molar-refractivity contribution in [3.05, 3.63) is 54.1 Å². The second-order valence-corrected chi connectivity index (χ2v) is 8.79. The molecule has 0 N–H and O–H groups in total. The van der Waals surface area contributed by atoms with E-state index < -0.39 is 12.1 Å². The molecule has 2 aromatic rings. The average Bonchev–Trinajstić information content (AvgIpc) is 2.90. The monoisotopic (exact) mass is 458 g/mol. The summed E-state index contributed by atoms with van der Waals surface area (Å²) in [5, 5.41) is -0.340. The average molecular weight is 459 g/mol. The van der Waals surface area contributed by atoms with Gasteiger partial charge in [-0.05, 0) is 50.8 Å². The normalized spacial score (nSPS) is 18.3. The molecule has 32 heavy (non-hydrogen) atoms. The summed E-state index contributed by atoms with van der Waals surface area (Å²) in [6.07, 6.45) is -0.854. The Balaban J connectivity index is 2.00. The van der Waals surface area contributed by atoms with Crippen molar-refractivity contribution < 1.29 is 23.8 Å². The van der Waals surface area contributed by atoms with Crippen molar-refractivity contribution in [2.45, 2.75) is 23.2 Å². The van der Waals surface area contributed by atoms with Gasteiger partial charge in [-0.3, -0.25) is 4.79 Å². The first-order valence-electron chi connectivity index (χ1n) is 10.6. The number of fused-ring (bicyclic) bond motifs is 1. The number of carbonyl (C=O) groups excluding carboxylic acids is 2. The number of methoxy groups -OCH3 is 1. The number of esters is 1. The lowest BCUT2D eigenvalue weighted by Crippen LogP contribution is -2.45. The molecule has 172 valence electrons. The fraction of sp³-hybridized carbons (Fsp3) is 0.417. The largest absolute Gasteiger partial charge is 0.497 e. The van der Waals surface area contributed by atoms with E-state index in [9.17, 15) is 9.59 Å². The Kier molecular flexibility index (Phi) is 8.55. The van der Waals surface area contributed by atoms with Crippen LogP contribution in [0.4, 0.5) is 5.69 Å². The molecule has 0 bridgehead atoms. The lowest BCUT2D eigenvalue weighted by atomic mass is 10.1. The van der Waals surface area contributed by atoms with E-state index in [1.54, 1.807) is 30.7 Å². The predicted molar refractivity (Wildman–Crippen MR) is 125 cm³/mol. The van der Waals surface area contributed by atoms with Crippen LogP contribution in [0.25, 0.3) is 0 Å². The van der Waals surface area contributed by atoms with Gasteiger partial charge in [0.25, 0.3) is 5.91 Å². The molecule has 0 unspecified atom stereocenters. The molecule has 1 heterocycles. The van der Waals surface area contributed by atoms with Crippen LogP contribution in [0.2, 0.25) is 0 Å². The van der Waals surface area contributed by atoms with Crippen LogP contribution in [-0.4, -0.2) is 70.4 Å². The Morgan fingerprint density at radius 3 is 2.50 bits per heavy atom. The van der Waals surface area contributed by atoms with Crippen molar-refractivity contribution in [3.63, 3.8) is 0 Å². The highest BCUT2D eigenvalue weighted by Crippen LogP contribution is 2.46. The van der Waals surface area contributed by atoms with Crippen molar-refractivity contribution in [1.82, 2.24) is 4.90 Å². The fourth-order valence-corrected chi connectivity index (χ4v) is 4.81. The van der Waals surface area contributed by atoms with Gasteiger partial charge in [-0.2, -0.15) is 0 Å². The molecule has 3 rings (SSSR count). The lowest BCUT2D eigenvalue weighted by Gasteiger charge is -2.28. The second kappa shape index (κ2) is 11.4. The van der Waals surface area contributed by atoms with Gasteiger partial charge in [-0.25, -0.2) is 4.79 Å². The number of hydrogen-bond acceptors (Lipinski definition) is 7. The number of hydrogen-bond donors (Lipinski definition) is 0. The number of para-hydroxylation sites is 1. The predicted octanol–water partition coefficient (Wildman–Crippen LogP) is 3.39. The molecular weight excluding hydrogens is 428 g/mol. The minimum Gasteiger partial charge on any atom is -0.497 e. The van der Waals surface area contributed by atoms with Gasteiger partial charge in [0, 0.05) is 18.0 Å². The van der Waals surface area contributed by atoms with Crippen molar-refractivity contribution in [3.8, 4) is 5.75 Å². The quantitative estimate of drug-likeness (QED) is 0.534. The minimum atomic E-state index is -0.854. The van der Waals surface area contributed by atoms with Gasteiger partial charge in [-0.15, -0.1) is 11.8 Å². The maximum atomic E-state index is 13.8. The standard InChI is InChI=1S/C24H30N2O5S/c1-5-30-21(27)16-31-22-23(17-10-12-18(29-4)13-11-17)32-20-9-7-6-8-19(20)26(24(22)28)15-14-25(2)3/h6-13,22-23H,5,14-16H2,1-4H3/t22-,23+/m1/s1. The number of carbonyl (C=O) groups is 2. The highest BCUT2D eigenvalue weighted by molar-refractivity contribution is 7.99. The van der Waals surface area contributed by atoms with Crippen molar-refractivity contribution in [1.29, 1.82) is 0 Å². The number of amides is 1. The molecule has 2 atom stereocenters. The maximum absolute atomic E-state index is 13.8. The summed E-state index contributed by atoms with van der Waals surface area (Å²) >= 11 is 1.57. The molecule has 2 aromatic carbocycles. The van der Waals surface area contributed by atoms with E-state index in [-0.39, 0.29) is 24.4 Å².